The minimum absolute atomic E-state index is 0.492. The molecule has 2 nitrogen and oxygen atoms in total. The molecule has 6 heteroatoms. The third kappa shape index (κ3) is 2.10. The van der Waals surface area contributed by atoms with Gasteiger partial charge in [-0.15, -0.1) is 0 Å². The summed E-state index contributed by atoms with van der Waals surface area (Å²) in [5.41, 5.74) is -1.70. The highest BCUT2D eigenvalue weighted by atomic mass is 35.5. The maximum atomic E-state index is 12.2. The number of hydrogen-bond donors (Lipinski definition) is 0. The van der Waals surface area contributed by atoms with Crippen LogP contribution in [-0.4, -0.2) is 4.98 Å². The minimum atomic E-state index is -4.62. The Hall–Kier alpha value is -0.810. The molecule has 0 aliphatic rings. The number of halogens is 4. The quantitative estimate of drug-likeness (QED) is 0.701. The Morgan fingerprint density at radius 3 is 2.46 bits per heavy atom. The Morgan fingerprint density at radius 1 is 1.46 bits per heavy atom. The lowest BCUT2D eigenvalue weighted by Gasteiger charge is -2.10. The molecule has 1 heterocycles. The first-order valence-corrected chi connectivity index (χ1v) is 3.63. The van der Waals surface area contributed by atoms with Crippen LogP contribution in [0.25, 0.3) is 0 Å². The van der Waals surface area contributed by atoms with Crippen LogP contribution in [0.5, 0.6) is 0 Å². The molecule has 0 aromatic carbocycles. The standard InChI is InChI=1S/C7H4ClF3NO/c8-4-1-2-12-5(3-13)6(4)7(9,10)11/h1-2H,3H2. The van der Waals surface area contributed by atoms with Crippen molar-refractivity contribution in [3.63, 3.8) is 0 Å². The molecule has 0 aliphatic heterocycles. The monoisotopic (exact) mass is 210 g/mol. The van der Waals surface area contributed by atoms with Crippen molar-refractivity contribution in [3.8, 4) is 0 Å². The van der Waals surface area contributed by atoms with Crippen molar-refractivity contribution in [1.82, 2.24) is 4.98 Å². The molecule has 1 radical (unpaired) electrons. The second-order valence-electron chi connectivity index (χ2n) is 2.26. The predicted molar refractivity (Wildman–Crippen MR) is 38.6 cm³/mol. The number of pyridine rings is 1. The molecule has 0 saturated heterocycles. The molecular formula is C7H4ClF3NO. The molecule has 1 rings (SSSR count). The maximum Gasteiger partial charge on any atom is 0.419 e. The summed E-state index contributed by atoms with van der Waals surface area (Å²) in [7, 11) is 0. The second kappa shape index (κ2) is 3.51. The van der Waals surface area contributed by atoms with Crippen molar-refractivity contribution in [1.29, 1.82) is 0 Å². The van der Waals surface area contributed by atoms with E-state index in [-0.39, 0.29) is 0 Å². The summed E-state index contributed by atoms with van der Waals surface area (Å²) >= 11 is 5.29. The van der Waals surface area contributed by atoms with Gasteiger partial charge in [0.2, 0.25) is 0 Å². The summed E-state index contributed by atoms with van der Waals surface area (Å²) in [5.74, 6) is 0. The van der Waals surface area contributed by atoms with Gasteiger partial charge in [0.05, 0.1) is 16.3 Å². The van der Waals surface area contributed by atoms with E-state index in [2.05, 4.69) is 4.98 Å². The Balaban J connectivity index is 3.32. The zero-order valence-electron chi connectivity index (χ0n) is 6.23. The predicted octanol–water partition coefficient (Wildman–Crippen LogP) is 2.68. The normalized spacial score (nSPS) is 11.8. The summed E-state index contributed by atoms with van der Waals surface area (Å²) in [6, 6.07) is 1.00. The smallest absolute Gasteiger partial charge is 0.258 e. The van der Waals surface area contributed by atoms with E-state index in [1.54, 1.807) is 0 Å². The summed E-state index contributed by atoms with van der Waals surface area (Å²) in [6.45, 7) is -1.03. The molecule has 1 aromatic heterocycles. The Bertz CT molecular complexity index is 313. The van der Waals surface area contributed by atoms with Gasteiger partial charge in [-0.2, -0.15) is 13.2 Å². The van der Waals surface area contributed by atoms with E-state index in [1.165, 1.54) is 0 Å². The molecule has 13 heavy (non-hydrogen) atoms. The minimum Gasteiger partial charge on any atom is -0.258 e. The van der Waals surface area contributed by atoms with E-state index in [1.807, 2.05) is 0 Å². The first-order valence-electron chi connectivity index (χ1n) is 3.25. The average molecular weight is 211 g/mol. The van der Waals surface area contributed by atoms with E-state index in [4.69, 9.17) is 11.6 Å². The summed E-state index contributed by atoms with van der Waals surface area (Å²) in [5, 5.41) is 9.84. The van der Waals surface area contributed by atoms with Gasteiger partial charge in [-0.05, 0) is 6.07 Å². The van der Waals surface area contributed by atoms with Crippen LogP contribution in [0, 0.1) is 0 Å². The fourth-order valence-corrected chi connectivity index (χ4v) is 1.16. The highest BCUT2D eigenvalue weighted by molar-refractivity contribution is 6.31. The first kappa shape index (κ1) is 10.3. The van der Waals surface area contributed by atoms with Crippen molar-refractivity contribution in [2.75, 3.05) is 0 Å². The van der Waals surface area contributed by atoms with E-state index < -0.39 is 29.1 Å². The second-order valence-corrected chi connectivity index (χ2v) is 2.66. The van der Waals surface area contributed by atoms with Crippen LogP contribution in [0.3, 0.4) is 0 Å². The van der Waals surface area contributed by atoms with E-state index in [0.29, 0.717) is 0 Å². The van der Waals surface area contributed by atoms with Gasteiger partial charge in [-0.3, -0.25) is 4.98 Å². The number of aromatic nitrogens is 1. The summed E-state index contributed by atoms with van der Waals surface area (Å²) < 4.78 is 36.7. The van der Waals surface area contributed by atoms with Gasteiger partial charge in [-0.25, -0.2) is 5.11 Å². The van der Waals surface area contributed by atoms with Crippen LogP contribution in [-0.2, 0) is 17.9 Å². The van der Waals surface area contributed by atoms with Crippen LogP contribution in [0.15, 0.2) is 12.3 Å². The molecule has 71 valence electrons. The molecule has 0 amide bonds. The Morgan fingerprint density at radius 2 is 2.08 bits per heavy atom. The molecule has 0 atom stereocenters. The number of alkyl halides is 3. The lowest BCUT2D eigenvalue weighted by molar-refractivity contribution is -0.139. The van der Waals surface area contributed by atoms with Crippen LogP contribution in [0.4, 0.5) is 13.2 Å². The van der Waals surface area contributed by atoms with Crippen molar-refractivity contribution in [2.45, 2.75) is 12.8 Å². The van der Waals surface area contributed by atoms with Crippen LogP contribution >= 0.6 is 11.6 Å². The van der Waals surface area contributed by atoms with Gasteiger partial charge >= 0.3 is 6.18 Å². The molecule has 0 N–H and O–H groups in total. The lowest BCUT2D eigenvalue weighted by atomic mass is 10.2. The molecule has 0 bridgehead atoms. The number of rotatable bonds is 1. The van der Waals surface area contributed by atoms with Crippen molar-refractivity contribution < 1.29 is 18.3 Å². The average Bonchev–Trinajstić information content (AvgIpc) is 2.01. The van der Waals surface area contributed by atoms with Crippen LogP contribution < -0.4 is 0 Å². The third-order valence-electron chi connectivity index (χ3n) is 1.40. The van der Waals surface area contributed by atoms with Gasteiger partial charge in [0.1, 0.15) is 6.61 Å². The fourth-order valence-electron chi connectivity index (χ4n) is 0.887. The van der Waals surface area contributed by atoms with Gasteiger partial charge in [-0.1, -0.05) is 11.6 Å². The van der Waals surface area contributed by atoms with E-state index in [0.717, 1.165) is 12.3 Å². The molecule has 1 aromatic rings. The SMILES string of the molecule is [O]Cc1nccc(Cl)c1C(F)(F)F. The Labute approximate surface area is 77.0 Å². The highest BCUT2D eigenvalue weighted by Crippen LogP contribution is 2.36. The third-order valence-corrected chi connectivity index (χ3v) is 1.71. The highest BCUT2D eigenvalue weighted by Gasteiger charge is 2.36. The summed E-state index contributed by atoms with van der Waals surface area (Å²) in [6.07, 6.45) is -3.55. The number of nitrogens with zero attached hydrogens (tertiary/aromatic N) is 1. The molecule has 0 aliphatic carbocycles. The number of hydrogen-bond acceptors (Lipinski definition) is 1. The Kier molecular flexibility index (Phi) is 2.77. The van der Waals surface area contributed by atoms with Gasteiger partial charge < -0.3 is 0 Å². The first-order chi connectivity index (χ1) is 5.96. The van der Waals surface area contributed by atoms with Gasteiger partial charge in [0.15, 0.2) is 0 Å². The van der Waals surface area contributed by atoms with E-state index in [9.17, 15) is 18.3 Å². The lowest BCUT2D eigenvalue weighted by Crippen LogP contribution is -2.11. The largest absolute Gasteiger partial charge is 0.419 e. The van der Waals surface area contributed by atoms with Gasteiger partial charge in [0, 0.05) is 6.20 Å². The molecule has 0 unspecified atom stereocenters. The molecule has 0 fully saturated rings. The zero-order valence-corrected chi connectivity index (χ0v) is 6.99. The van der Waals surface area contributed by atoms with Crippen molar-refractivity contribution in [2.24, 2.45) is 0 Å². The molecular weight excluding hydrogens is 207 g/mol. The maximum absolute atomic E-state index is 12.2. The van der Waals surface area contributed by atoms with Crippen molar-refractivity contribution >= 4 is 11.6 Å². The fraction of sp³-hybridized carbons (Fsp3) is 0.286. The van der Waals surface area contributed by atoms with Crippen LogP contribution in [0.1, 0.15) is 11.3 Å². The zero-order chi connectivity index (χ0) is 10.1. The molecule has 0 spiro atoms. The van der Waals surface area contributed by atoms with Gasteiger partial charge in [0.25, 0.3) is 0 Å². The summed E-state index contributed by atoms with van der Waals surface area (Å²) in [4.78, 5) is 3.31. The molecule has 0 saturated carbocycles. The van der Waals surface area contributed by atoms with Crippen molar-refractivity contribution in [3.05, 3.63) is 28.5 Å². The van der Waals surface area contributed by atoms with E-state index >= 15 is 0 Å². The topological polar surface area (TPSA) is 32.8 Å². The van der Waals surface area contributed by atoms with Crippen LogP contribution in [0.2, 0.25) is 5.02 Å².